The highest BCUT2D eigenvalue weighted by atomic mass is 32.2. The lowest BCUT2D eigenvalue weighted by Crippen LogP contribution is -2.28. The quantitative estimate of drug-likeness (QED) is 0.725. The molecule has 6 nitrogen and oxygen atoms in total. The minimum absolute atomic E-state index is 0.0623. The summed E-state index contributed by atoms with van der Waals surface area (Å²) in [5, 5.41) is 15.0. The Balaban J connectivity index is 1.91. The van der Waals surface area contributed by atoms with Crippen molar-refractivity contribution in [2.24, 2.45) is 0 Å². The van der Waals surface area contributed by atoms with Crippen LogP contribution in [0.25, 0.3) is 0 Å². The molecule has 0 fully saturated rings. The first kappa shape index (κ1) is 15.8. The minimum atomic E-state index is -0.588. The number of aliphatic hydroxyl groups excluding tert-OH is 1. The summed E-state index contributed by atoms with van der Waals surface area (Å²) in [6.07, 6.45) is -0.161. The Morgan fingerprint density at radius 2 is 2.38 bits per heavy atom. The summed E-state index contributed by atoms with van der Waals surface area (Å²) in [6, 6.07) is 5.22. The molecule has 1 aromatic carbocycles. The number of carbonyl (C=O) groups excluding carboxylic acids is 2. The third-order valence-electron chi connectivity index (χ3n) is 3.00. The van der Waals surface area contributed by atoms with E-state index in [1.165, 1.54) is 18.9 Å². The highest BCUT2D eigenvalue weighted by molar-refractivity contribution is 8.00. The molecule has 2 amide bonds. The molecule has 0 aliphatic carbocycles. The number of fused-ring (bicyclic) bond motifs is 1. The van der Waals surface area contributed by atoms with Crippen LogP contribution in [0.15, 0.2) is 23.1 Å². The van der Waals surface area contributed by atoms with Crippen LogP contribution in [0.3, 0.4) is 0 Å². The maximum absolute atomic E-state index is 12.0. The molecule has 2 rings (SSSR count). The second kappa shape index (κ2) is 7.44. The van der Waals surface area contributed by atoms with Crippen molar-refractivity contribution in [2.75, 3.05) is 31.3 Å². The molecule has 0 saturated carbocycles. The first-order valence-electron chi connectivity index (χ1n) is 6.62. The van der Waals surface area contributed by atoms with Gasteiger partial charge < -0.3 is 20.5 Å². The summed E-state index contributed by atoms with van der Waals surface area (Å²) >= 11 is 1.45. The lowest BCUT2D eigenvalue weighted by Gasteiger charge is -2.17. The van der Waals surface area contributed by atoms with Gasteiger partial charge in [0.1, 0.15) is 0 Å². The molecule has 0 spiro atoms. The van der Waals surface area contributed by atoms with Gasteiger partial charge in [0.15, 0.2) is 0 Å². The van der Waals surface area contributed by atoms with Gasteiger partial charge in [0, 0.05) is 24.1 Å². The van der Waals surface area contributed by atoms with Gasteiger partial charge in [-0.15, -0.1) is 11.8 Å². The van der Waals surface area contributed by atoms with Crippen LogP contribution in [0.5, 0.6) is 0 Å². The number of amides is 2. The Hall–Kier alpha value is -1.57. The predicted molar refractivity (Wildman–Crippen MR) is 80.6 cm³/mol. The van der Waals surface area contributed by atoms with Gasteiger partial charge in [-0.05, 0) is 24.6 Å². The second-order valence-corrected chi connectivity index (χ2v) is 5.72. The van der Waals surface area contributed by atoms with E-state index < -0.39 is 6.10 Å². The molecule has 1 aliphatic rings. The number of aliphatic hydroxyl groups is 1. The van der Waals surface area contributed by atoms with E-state index in [1.54, 1.807) is 12.1 Å². The van der Waals surface area contributed by atoms with Gasteiger partial charge in [0.2, 0.25) is 5.91 Å². The van der Waals surface area contributed by atoms with Gasteiger partial charge in [-0.25, -0.2) is 0 Å². The normalized spacial score (nSPS) is 15.0. The van der Waals surface area contributed by atoms with Crippen molar-refractivity contribution in [3.8, 4) is 0 Å². The summed E-state index contributed by atoms with van der Waals surface area (Å²) in [5.41, 5.74) is 1.15. The van der Waals surface area contributed by atoms with Crippen molar-refractivity contribution >= 4 is 29.3 Å². The maximum atomic E-state index is 12.0. The highest BCUT2D eigenvalue weighted by Gasteiger charge is 2.17. The molecule has 0 aromatic heterocycles. The van der Waals surface area contributed by atoms with Gasteiger partial charge in [-0.1, -0.05) is 0 Å². The molecular weight excluding hydrogens is 292 g/mol. The topological polar surface area (TPSA) is 87.7 Å². The monoisotopic (exact) mass is 310 g/mol. The van der Waals surface area contributed by atoms with E-state index in [0.29, 0.717) is 30.0 Å². The fourth-order valence-corrected chi connectivity index (χ4v) is 2.74. The van der Waals surface area contributed by atoms with E-state index >= 15 is 0 Å². The van der Waals surface area contributed by atoms with Gasteiger partial charge in [0.25, 0.3) is 5.91 Å². The van der Waals surface area contributed by atoms with Crippen LogP contribution in [0, 0.1) is 0 Å². The number of carbonyl (C=O) groups is 2. The van der Waals surface area contributed by atoms with Crippen LogP contribution >= 0.6 is 11.8 Å². The summed E-state index contributed by atoms with van der Waals surface area (Å²) in [5.74, 6) is 0.107. The number of hydrogen-bond donors (Lipinski definition) is 3. The van der Waals surface area contributed by atoms with Crippen molar-refractivity contribution in [3.05, 3.63) is 23.8 Å². The van der Waals surface area contributed by atoms with Gasteiger partial charge >= 0.3 is 0 Å². The van der Waals surface area contributed by atoms with Gasteiger partial charge in [-0.3, -0.25) is 9.59 Å². The molecule has 21 heavy (non-hydrogen) atoms. The van der Waals surface area contributed by atoms with Crippen LogP contribution in [-0.2, 0) is 9.53 Å². The third kappa shape index (κ3) is 4.45. The zero-order chi connectivity index (χ0) is 15.2. The third-order valence-corrected chi connectivity index (χ3v) is 4.07. The van der Waals surface area contributed by atoms with E-state index in [4.69, 9.17) is 4.74 Å². The van der Waals surface area contributed by atoms with Crippen molar-refractivity contribution < 1.29 is 19.4 Å². The molecule has 3 N–H and O–H groups in total. The summed E-state index contributed by atoms with van der Waals surface area (Å²) < 4.78 is 4.81. The number of methoxy groups -OCH3 is 1. The van der Waals surface area contributed by atoms with E-state index in [9.17, 15) is 14.7 Å². The average Bonchev–Trinajstić information content (AvgIpc) is 2.46. The lowest BCUT2D eigenvalue weighted by molar-refractivity contribution is -0.113. The smallest absolute Gasteiger partial charge is 0.251 e. The Labute approximate surface area is 127 Å². The van der Waals surface area contributed by atoms with Gasteiger partial charge in [0.05, 0.1) is 24.2 Å². The minimum Gasteiger partial charge on any atom is -0.391 e. The van der Waals surface area contributed by atoms with E-state index in [2.05, 4.69) is 10.6 Å². The summed E-state index contributed by atoms with van der Waals surface area (Å²) in [6.45, 7) is 0.611. The maximum Gasteiger partial charge on any atom is 0.251 e. The van der Waals surface area contributed by atoms with Crippen LogP contribution in [0.4, 0.5) is 5.69 Å². The number of anilines is 1. The molecule has 1 heterocycles. The first-order chi connectivity index (χ1) is 10.1. The molecule has 1 aromatic rings. The van der Waals surface area contributed by atoms with Crippen LogP contribution < -0.4 is 10.6 Å². The van der Waals surface area contributed by atoms with Crippen molar-refractivity contribution in [3.63, 3.8) is 0 Å². The Kier molecular flexibility index (Phi) is 5.60. The first-order valence-corrected chi connectivity index (χ1v) is 7.60. The molecule has 0 radical (unpaired) electrons. The van der Waals surface area contributed by atoms with Crippen molar-refractivity contribution in [1.82, 2.24) is 5.32 Å². The highest BCUT2D eigenvalue weighted by Crippen LogP contribution is 2.31. The molecule has 1 aliphatic heterocycles. The Bertz CT molecular complexity index is 536. The Morgan fingerprint density at radius 3 is 3.14 bits per heavy atom. The molecule has 0 bridgehead atoms. The van der Waals surface area contributed by atoms with Crippen LogP contribution in [0.2, 0.25) is 0 Å². The molecule has 1 atom stereocenters. The predicted octanol–water partition coefficient (Wildman–Crippen LogP) is 0.858. The Morgan fingerprint density at radius 1 is 1.57 bits per heavy atom. The number of hydrogen-bond acceptors (Lipinski definition) is 5. The number of benzene rings is 1. The zero-order valence-electron chi connectivity index (χ0n) is 11.7. The number of thioether (sulfide) groups is 1. The van der Waals surface area contributed by atoms with Crippen molar-refractivity contribution in [1.29, 1.82) is 0 Å². The molecule has 1 unspecified atom stereocenters. The van der Waals surface area contributed by atoms with Gasteiger partial charge in [-0.2, -0.15) is 0 Å². The number of nitrogens with one attached hydrogen (secondary N) is 2. The zero-order valence-corrected chi connectivity index (χ0v) is 12.5. The fourth-order valence-electron chi connectivity index (χ4n) is 1.95. The number of rotatable bonds is 6. The molecule has 0 saturated heterocycles. The molecule has 114 valence electrons. The SMILES string of the molecule is COCC(O)CCNC(=O)c1ccc2c(c1)NC(=O)CS2. The number of ether oxygens (including phenoxy) is 1. The fraction of sp³-hybridized carbons (Fsp3) is 0.429. The van der Waals surface area contributed by atoms with E-state index in [1.807, 2.05) is 6.07 Å². The second-order valence-electron chi connectivity index (χ2n) is 4.70. The van der Waals surface area contributed by atoms with E-state index in [-0.39, 0.29) is 18.4 Å². The van der Waals surface area contributed by atoms with Crippen molar-refractivity contribution in [2.45, 2.75) is 17.4 Å². The average molecular weight is 310 g/mol. The summed E-state index contributed by atoms with van der Waals surface area (Å²) in [7, 11) is 1.52. The standard InChI is InChI=1S/C14H18N2O4S/c1-20-7-10(17)4-5-15-14(19)9-2-3-12-11(6-9)16-13(18)8-21-12/h2-3,6,10,17H,4-5,7-8H2,1H3,(H,15,19)(H,16,18). The summed E-state index contributed by atoms with van der Waals surface area (Å²) in [4.78, 5) is 24.3. The lowest BCUT2D eigenvalue weighted by atomic mass is 10.1. The molecular formula is C14H18N2O4S. The van der Waals surface area contributed by atoms with Crippen LogP contribution in [-0.4, -0.2) is 49.0 Å². The van der Waals surface area contributed by atoms with E-state index in [0.717, 1.165) is 4.90 Å². The molecule has 7 heteroatoms. The largest absolute Gasteiger partial charge is 0.391 e. The van der Waals surface area contributed by atoms with Crippen LogP contribution in [0.1, 0.15) is 16.8 Å².